The van der Waals surface area contributed by atoms with Gasteiger partial charge >= 0.3 is 0 Å². The molecule has 0 bridgehead atoms. The third-order valence-corrected chi connectivity index (χ3v) is 10.6. The van der Waals surface area contributed by atoms with Gasteiger partial charge in [0.2, 0.25) is 0 Å². The fraction of sp³-hybridized carbons (Fsp3) is 0.0192. The van der Waals surface area contributed by atoms with Crippen LogP contribution < -0.4 is 4.74 Å². The largest absolute Gasteiger partial charge is 0.497 e. The first-order chi connectivity index (χ1) is 29.7. The number of ether oxygens (including phenoxy) is 1. The van der Waals surface area contributed by atoms with Gasteiger partial charge in [-0.3, -0.25) is 4.98 Å². The summed E-state index contributed by atoms with van der Waals surface area (Å²) in [4.78, 5) is 8.27. The van der Waals surface area contributed by atoms with Gasteiger partial charge in [-0.05, 0) is 99.6 Å². The van der Waals surface area contributed by atoms with Crippen molar-refractivity contribution in [3.05, 3.63) is 207 Å². The topological polar surface area (TPSA) is 83.5 Å². The van der Waals surface area contributed by atoms with Gasteiger partial charge in [0.1, 0.15) is 17.1 Å². The minimum atomic E-state index is 0.780. The molecule has 0 fully saturated rings. The van der Waals surface area contributed by atoms with E-state index in [1.54, 1.807) is 16.7 Å². The molecule has 10 rings (SSSR count). The van der Waals surface area contributed by atoms with E-state index in [1.807, 2.05) is 116 Å². The highest BCUT2D eigenvalue weighted by molar-refractivity contribution is 5.93. The van der Waals surface area contributed by atoms with Gasteiger partial charge in [0.25, 0.3) is 0 Å². The van der Waals surface area contributed by atoms with E-state index in [0.717, 1.165) is 95.4 Å². The Balaban J connectivity index is 1.12. The second-order valence-corrected chi connectivity index (χ2v) is 14.3. The van der Waals surface area contributed by atoms with Crippen LogP contribution in [-0.2, 0) is 0 Å². The van der Waals surface area contributed by atoms with Crippen LogP contribution >= 0.6 is 0 Å². The van der Waals surface area contributed by atoms with Crippen LogP contribution in [0.4, 0.5) is 0 Å². The predicted octanol–water partition coefficient (Wildman–Crippen LogP) is 11.9. The Hall–Kier alpha value is -8.23. The molecule has 10 aromatic rings. The summed E-state index contributed by atoms with van der Waals surface area (Å²) in [6.07, 6.45) is 5.62. The zero-order valence-corrected chi connectivity index (χ0v) is 32.7. The summed E-state index contributed by atoms with van der Waals surface area (Å²) in [5, 5.41) is 19.2. The summed E-state index contributed by atoms with van der Waals surface area (Å²) in [7, 11) is 1.68. The molecule has 0 aliphatic carbocycles. The molecule has 7 aromatic carbocycles. The zero-order valence-electron chi connectivity index (χ0n) is 32.7. The predicted molar refractivity (Wildman–Crippen MR) is 239 cm³/mol. The summed E-state index contributed by atoms with van der Waals surface area (Å²) in [6, 6.07) is 64.2. The standard InChI is InChI=1S/C52H37N7O/c1-60-43-20-14-15-36(32-43)50-28-27-37(33-53-50)44-21-8-9-22-45(44)38-29-39(46-23-10-12-25-48(46)51-34-54-58(56-51)41-16-4-2-5-17-41)31-40(30-38)47-24-11-13-26-49(47)52-35-55-59(57-52)42-18-6-3-7-19-42/h2-35H,1H3. The van der Waals surface area contributed by atoms with Gasteiger partial charge in [0, 0.05) is 28.5 Å². The molecule has 0 saturated heterocycles. The van der Waals surface area contributed by atoms with Gasteiger partial charge in [0.05, 0.1) is 36.6 Å². The van der Waals surface area contributed by atoms with E-state index in [9.17, 15) is 0 Å². The number of nitrogens with zero attached hydrogens (tertiary/aromatic N) is 7. The number of methoxy groups -OCH3 is 1. The number of rotatable bonds is 10. The molecule has 8 nitrogen and oxygen atoms in total. The van der Waals surface area contributed by atoms with Gasteiger partial charge in [-0.2, -0.15) is 19.8 Å². The highest BCUT2D eigenvalue weighted by Gasteiger charge is 2.18. The molecule has 0 radical (unpaired) electrons. The molecule has 286 valence electrons. The van der Waals surface area contributed by atoms with E-state index < -0.39 is 0 Å². The van der Waals surface area contributed by atoms with Crippen molar-refractivity contribution in [2.24, 2.45) is 0 Å². The first-order valence-electron chi connectivity index (χ1n) is 19.7. The van der Waals surface area contributed by atoms with Crippen molar-refractivity contribution in [1.29, 1.82) is 0 Å². The second-order valence-electron chi connectivity index (χ2n) is 14.3. The molecule has 0 amide bonds. The molecule has 8 heteroatoms. The van der Waals surface area contributed by atoms with Gasteiger partial charge in [-0.1, -0.05) is 127 Å². The van der Waals surface area contributed by atoms with Crippen LogP contribution in [0.25, 0.3) is 89.7 Å². The molecule has 0 aliphatic heterocycles. The number of hydrogen-bond donors (Lipinski definition) is 0. The lowest BCUT2D eigenvalue weighted by Crippen LogP contribution is -1.98. The number of benzene rings is 7. The van der Waals surface area contributed by atoms with Gasteiger partial charge in [-0.25, -0.2) is 0 Å². The Morgan fingerprint density at radius 1 is 0.350 bits per heavy atom. The molecule has 0 spiro atoms. The third kappa shape index (κ3) is 7.14. The molecule has 0 atom stereocenters. The van der Waals surface area contributed by atoms with E-state index in [4.69, 9.17) is 19.9 Å². The summed E-state index contributed by atoms with van der Waals surface area (Å²) in [5.74, 6) is 0.796. The van der Waals surface area contributed by atoms with Crippen LogP contribution in [-0.4, -0.2) is 42.1 Å². The number of hydrogen-bond acceptors (Lipinski definition) is 6. The Morgan fingerprint density at radius 3 is 1.27 bits per heavy atom. The number of para-hydroxylation sites is 2. The van der Waals surface area contributed by atoms with Crippen molar-refractivity contribution in [2.75, 3.05) is 7.11 Å². The molecule has 0 aliphatic rings. The number of aromatic nitrogens is 7. The minimum Gasteiger partial charge on any atom is -0.497 e. The van der Waals surface area contributed by atoms with E-state index in [1.165, 1.54) is 0 Å². The Morgan fingerprint density at radius 2 is 0.800 bits per heavy atom. The summed E-state index contributed by atoms with van der Waals surface area (Å²) >= 11 is 0. The first-order valence-corrected chi connectivity index (χ1v) is 19.7. The molecular formula is C52H37N7O. The zero-order chi connectivity index (χ0) is 40.3. The normalized spacial score (nSPS) is 11.1. The second kappa shape index (κ2) is 16.0. The van der Waals surface area contributed by atoms with Crippen LogP contribution in [0, 0.1) is 0 Å². The lowest BCUT2D eigenvalue weighted by molar-refractivity contribution is 0.415. The van der Waals surface area contributed by atoms with E-state index >= 15 is 0 Å². The van der Waals surface area contributed by atoms with E-state index in [2.05, 4.69) is 101 Å². The average molecular weight is 776 g/mol. The van der Waals surface area contributed by atoms with Crippen LogP contribution in [0.3, 0.4) is 0 Å². The Bertz CT molecular complexity index is 2940. The van der Waals surface area contributed by atoms with Gasteiger partial charge in [0.15, 0.2) is 0 Å². The smallest absolute Gasteiger partial charge is 0.119 e. The maximum absolute atomic E-state index is 5.48. The van der Waals surface area contributed by atoms with E-state index in [0.29, 0.717) is 0 Å². The molecular weight excluding hydrogens is 739 g/mol. The van der Waals surface area contributed by atoms with Crippen LogP contribution in [0.2, 0.25) is 0 Å². The highest BCUT2D eigenvalue weighted by atomic mass is 16.5. The molecule has 3 heterocycles. The Kier molecular flexibility index (Phi) is 9.61. The molecule has 3 aromatic heterocycles. The first kappa shape index (κ1) is 36.1. The molecule has 0 saturated carbocycles. The lowest BCUT2D eigenvalue weighted by Gasteiger charge is -2.17. The number of pyridine rings is 1. The maximum atomic E-state index is 5.48. The van der Waals surface area contributed by atoms with Crippen molar-refractivity contribution < 1.29 is 4.74 Å². The molecule has 0 unspecified atom stereocenters. The summed E-state index contributed by atoms with van der Waals surface area (Å²) in [6.45, 7) is 0. The highest BCUT2D eigenvalue weighted by Crippen LogP contribution is 2.42. The summed E-state index contributed by atoms with van der Waals surface area (Å²) < 4.78 is 5.48. The molecule has 60 heavy (non-hydrogen) atoms. The molecule has 0 N–H and O–H groups in total. The summed E-state index contributed by atoms with van der Waals surface area (Å²) in [5.41, 5.74) is 15.6. The van der Waals surface area contributed by atoms with Crippen molar-refractivity contribution in [1.82, 2.24) is 35.0 Å². The SMILES string of the molecule is COc1cccc(-c2ccc(-c3ccccc3-c3cc(-c4ccccc4-c4cnn(-c5ccccc5)n4)cc(-c4ccccc4-c4cnn(-c5ccccc5)n4)c3)cn2)c1. The maximum Gasteiger partial charge on any atom is 0.119 e. The van der Waals surface area contributed by atoms with Crippen molar-refractivity contribution in [2.45, 2.75) is 0 Å². The van der Waals surface area contributed by atoms with Crippen molar-refractivity contribution in [3.63, 3.8) is 0 Å². The monoisotopic (exact) mass is 775 g/mol. The third-order valence-electron chi connectivity index (χ3n) is 10.6. The lowest BCUT2D eigenvalue weighted by atomic mass is 9.87. The van der Waals surface area contributed by atoms with Crippen LogP contribution in [0.1, 0.15) is 0 Å². The fourth-order valence-corrected chi connectivity index (χ4v) is 7.65. The van der Waals surface area contributed by atoms with Gasteiger partial charge < -0.3 is 4.74 Å². The fourth-order valence-electron chi connectivity index (χ4n) is 7.65. The van der Waals surface area contributed by atoms with Crippen LogP contribution in [0.5, 0.6) is 5.75 Å². The average Bonchev–Trinajstić information content (AvgIpc) is 4.04. The van der Waals surface area contributed by atoms with Gasteiger partial charge in [-0.15, -0.1) is 10.2 Å². The van der Waals surface area contributed by atoms with Crippen LogP contribution in [0.15, 0.2) is 207 Å². The minimum absolute atomic E-state index is 0.780. The van der Waals surface area contributed by atoms with E-state index in [-0.39, 0.29) is 0 Å². The quantitative estimate of drug-likeness (QED) is 0.138. The van der Waals surface area contributed by atoms with Crippen molar-refractivity contribution in [3.8, 4) is 95.4 Å². The Labute approximate surface area is 347 Å². The van der Waals surface area contributed by atoms with Crippen molar-refractivity contribution >= 4 is 0 Å².